The van der Waals surface area contributed by atoms with Crippen molar-refractivity contribution in [2.45, 2.75) is 23.7 Å². The molecule has 2 aliphatic carbocycles. The smallest absolute Gasteiger partial charge is 0.147 e. The van der Waals surface area contributed by atoms with E-state index in [2.05, 4.69) is 67.7 Å². The van der Waals surface area contributed by atoms with Gasteiger partial charge in [0.05, 0.1) is 0 Å². The van der Waals surface area contributed by atoms with Gasteiger partial charge in [-0.15, -0.1) is 24.8 Å². The van der Waals surface area contributed by atoms with Crippen LogP contribution in [-0.2, 0) is 16.6 Å². The molecular weight excluding hydrogens is 339 g/mol. The van der Waals surface area contributed by atoms with Crippen LogP contribution in [0.1, 0.15) is 21.8 Å². The zero-order valence-electron chi connectivity index (χ0n) is 11.8. The molecule has 0 bridgehead atoms. The molecule has 0 aromatic heterocycles. The predicted octanol–water partition coefficient (Wildman–Crippen LogP) is 5.31. The zero-order chi connectivity index (χ0) is 12.5. The summed E-state index contributed by atoms with van der Waals surface area (Å²) in [5, 5.41) is 0. The van der Waals surface area contributed by atoms with E-state index in [1.54, 1.807) is 9.44 Å². The fraction of sp³-hybridized carbons (Fsp3) is 0.250. The summed E-state index contributed by atoms with van der Waals surface area (Å²) in [6.07, 6.45) is 12.9. The van der Waals surface area contributed by atoms with Gasteiger partial charge >= 0.3 is 116 Å². The second-order valence-corrected chi connectivity index (χ2v) is 17.4. The Morgan fingerprint density at radius 2 is 1.90 bits per heavy atom. The van der Waals surface area contributed by atoms with Crippen LogP contribution >= 0.6 is 24.8 Å². The van der Waals surface area contributed by atoms with E-state index in [-0.39, 0.29) is 31.0 Å². The molecule has 0 spiro atoms. The maximum absolute atomic E-state index is 2.52. The molecule has 0 saturated heterocycles. The van der Waals surface area contributed by atoms with E-state index in [9.17, 15) is 0 Å². The molecule has 1 aromatic carbocycles. The first-order chi connectivity index (χ1) is 8.77. The molecule has 0 heterocycles. The van der Waals surface area contributed by atoms with Crippen LogP contribution in [0.4, 0.5) is 0 Å². The molecule has 20 heavy (non-hydrogen) atoms. The summed E-state index contributed by atoms with van der Waals surface area (Å²) >= 11 is -1.15. The number of hydrogen-bond donors (Lipinski definition) is 0. The van der Waals surface area contributed by atoms with Gasteiger partial charge in [0.1, 0.15) is 0 Å². The Morgan fingerprint density at radius 3 is 2.55 bits per heavy atom. The zero-order valence-corrected chi connectivity index (χ0v) is 16.0. The number of rotatable bonds is 2. The third-order valence-corrected chi connectivity index (χ3v) is 15.9. The minimum absolute atomic E-state index is 0. The monoisotopic (exact) mass is 358 g/mol. The van der Waals surface area contributed by atoms with Crippen molar-refractivity contribution in [1.29, 1.82) is 0 Å². The van der Waals surface area contributed by atoms with Gasteiger partial charge in [0.15, 0.2) is 0 Å². The fourth-order valence-electron chi connectivity index (χ4n) is 2.98. The van der Waals surface area contributed by atoms with E-state index < -0.39 is 16.6 Å². The van der Waals surface area contributed by atoms with Gasteiger partial charge in [0, 0.05) is 0 Å². The number of halogens is 2. The Balaban J connectivity index is 0.000001000. The molecule has 2 aliphatic rings. The van der Waals surface area contributed by atoms with E-state index in [1.807, 2.05) is 0 Å². The standard InChI is InChI=1S/C9H7.C5H5.C2H6Si.2ClH.Ti/c1-2-5-9-7-3-6-8(9)4-1;1-2-4-5-3-1;1-3-2;;;/h1-7H;1-3H,4H2;1-2H3;2*1H;. The first-order valence-electron chi connectivity index (χ1n) is 6.58. The van der Waals surface area contributed by atoms with E-state index >= 15 is 0 Å². The summed E-state index contributed by atoms with van der Waals surface area (Å²) < 4.78 is 2.58. The molecule has 1 aromatic rings. The molecule has 3 rings (SSSR count). The van der Waals surface area contributed by atoms with Crippen molar-refractivity contribution in [3.63, 3.8) is 0 Å². The van der Waals surface area contributed by atoms with E-state index in [1.165, 1.54) is 12.0 Å². The summed E-state index contributed by atoms with van der Waals surface area (Å²) in [6.45, 7) is 5.04. The second-order valence-electron chi connectivity index (χ2n) is 5.20. The van der Waals surface area contributed by atoms with Crippen molar-refractivity contribution in [2.24, 2.45) is 0 Å². The number of allylic oxidation sites excluding steroid dienone is 5. The largest absolute Gasteiger partial charge is 0.147 e. The van der Waals surface area contributed by atoms with Crippen molar-refractivity contribution < 1.29 is 16.6 Å². The molecule has 0 fully saturated rings. The predicted molar refractivity (Wildman–Crippen MR) is 92.0 cm³/mol. The van der Waals surface area contributed by atoms with Gasteiger partial charge < -0.3 is 0 Å². The van der Waals surface area contributed by atoms with Crippen LogP contribution in [0.25, 0.3) is 6.08 Å². The van der Waals surface area contributed by atoms with Gasteiger partial charge in [-0.25, -0.2) is 0 Å². The second kappa shape index (κ2) is 7.82. The quantitative estimate of drug-likeness (QED) is 0.628. The van der Waals surface area contributed by atoms with Crippen LogP contribution in [0.3, 0.4) is 0 Å². The van der Waals surface area contributed by atoms with Crippen molar-refractivity contribution >= 4 is 37.1 Å². The molecule has 1 atom stereocenters. The van der Waals surface area contributed by atoms with Crippen LogP contribution in [0.2, 0.25) is 13.1 Å². The minimum Gasteiger partial charge on any atom is -0.147 e. The Labute approximate surface area is 140 Å². The summed E-state index contributed by atoms with van der Waals surface area (Å²) in [7, 11) is 0. The average molecular weight is 359 g/mol. The third kappa shape index (κ3) is 3.40. The average Bonchev–Trinajstić information content (AvgIpc) is 3.00. The summed E-state index contributed by atoms with van der Waals surface area (Å²) in [6, 6.07) is 8.97. The van der Waals surface area contributed by atoms with Crippen LogP contribution < -0.4 is 0 Å². The fourth-order valence-corrected chi connectivity index (χ4v) is 14.9. The molecule has 0 nitrogen and oxygen atoms in total. The first-order valence-corrected chi connectivity index (χ1v) is 13.1. The van der Waals surface area contributed by atoms with Gasteiger partial charge in [-0.05, 0) is 0 Å². The maximum Gasteiger partial charge on any atom is -0.147 e. The summed E-state index contributed by atoms with van der Waals surface area (Å²) in [4.78, 5) is 0. The molecule has 0 N–H and O–H groups in total. The molecule has 4 heteroatoms. The van der Waals surface area contributed by atoms with Gasteiger partial charge in [0.25, 0.3) is 0 Å². The topological polar surface area (TPSA) is 0 Å². The third-order valence-electron chi connectivity index (χ3n) is 3.77. The van der Waals surface area contributed by atoms with Crippen molar-refractivity contribution in [3.05, 3.63) is 63.6 Å². The molecule has 0 amide bonds. The van der Waals surface area contributed by atoms with Gasteiger partial charge in [-0.1, -0.05) is 0 Å². The SMILES string of the molecule is C[Si](C)=[Ti]([C]1=CC=CC1)[CH]1C=Cc2ccccc21.Cl.Cl. The minimum atomic E-state index is -1.15. The van der Waals surface area contributed by atoms with Crippen molar-refractivity contribution in [3.8, 4) is 0 Å². The van der Waals surface area contributed by atoms with Gasteiger partial charge in [-0.3, -0.25) is 0 Å². The van der Waals surface area contributed by atoms with Crippen LogP contribution in [0.15, 0.2) is 52.4 Å². The molecule has 0 radical (unpaired) electrons. The molecular formula is C16H20Cl2SiTi. The molecule has 0 aliphatic heterocycles. The number of benzene rings is 1. The Bertz CT molecular complexity index is 611. The number of fused-ring (bicyclic) bond motifs is 1. The van der Waals surface area contributed by atoms with Crippen LogP contribution in [0.5, 0.6) is 0 Å². The molecule has 0 saturated carbocycles. The normalized spacial score (nSPS) is 17.9. The van der Waals surface area contributed by atoms with Crippen molar-refractivity contribution in [2.75, 3.05) is 0 Å². The molecule has 1 unspecified atom stereocenters. The maximum atomic E-state index is 2.52. The summed E-state index contributed by atoms with van der Waals surface area (Å²) in [5.41, 5.74) is 3.06. The Kier molecular flexibility index (Phi) is 7.04. The van der Waals surface area contributed by atoms with E-state index in [4.69, 9.17) is 0 Å². The van der Waals surface area contributed by atoms with Crippen LogP contribution in [-0.4, -0.2) is 6.19 Å². The number of hydrogen-bond acceptors (Lipinski definition) is 0. The first kappa shape index (κ1) is 18.0. The van der Waals surface area contributed by atoms with Crippen molar-refractivity contribution in [1.82, 2.24) is 0 Å². The molecule has 106 valence electrons. The Morgan fingerprint density at radius 1 is 1.15 bits per heavy atom. The van der Waals surface area contributed by atoms with Crippen LogP contribution in [0, 0.1) is 0 Å². The van der Waals surface area contributed by atoms with Gasteiger partial charge in [-0.2, -0.15) is 0 Å². The van der Waals surface area contributed by atoms with E-state index in [0.717, 1.165) is 4.22 Å². The van der Waals surface area contributed by atoms with E-state index in [0.29, 0.717) is 0 Å². The Hall–Kier alpha value is -0.0488. The van der Waals surface area contributed by atoms with Gasteiger partial charge in [0.2, 0.25) is 0 Å². The summed E-state index contributed by atoms with van der Waals surface area (Å²) in [5.74, 6) is 0.